The molecule has 8 heteroatoms. The van der Waals surface area contributed by atoms with Gasteiger partial charge in [-0.15, -0.1) is 0 Å². The van der Waals surface area contributed by atoms with Crippen molar-refractivity contribution in [2.45, 2.75) is 44.9 Å². The van der Waals surface area contributed by atoms with Gasteiger partial charge in [-0.05, 0) is 55.7 Å². The molecule has 1 aliphatic carbocycles. The summed E-state index contributed by atoms with van der Waals surface area (Å²) in [4.78, 5) is 29.8. The first-order chi connectivity index (χ1) is 16.0. The number of esters is 1. The number of fused-ring (bicyclic) bond motifs is 1. The van der Waals surface area contributed by atoms with Crippen molar-refractivity contribution in [1.82, 2.24) is 9.66 Å². The Morgan fingerprint density at radius 1 is 1.21 bits per heavy atom. The molecule has 0 spiro atoms. The summed E-state index contributed by atoms with van der Waals surface area (Å²) >= 11 is 3.44. The summed E-state index contributed by atoms with van der Waals surface area (Å²) < 4.78 is 12.7. The lowest BCUT2D eigenvalue weighted by Gasteiger charge is -2.22. The standard InChI is InChI=1S/C25H26BrN3O4/c1-2-32-23(30)16-33-20-10-6-7-17(13-20)15-27-29-24(18-8-4-3-5-9-18)28-22-12-11-19(26)14-21(22)25(29)31/h6-7,10-15,18H,2-5,8-9,16H2,1H3. The van der Waals surface area contributed by atoms with Gasteiger partial charge in [-0.25, -0.2) is 9.78 Å². The second-order valence-corrected chi connectivity index (χ2v) is 8.91. The summed E-state index contributed by atoms with van der Waals surface area (Å²) in [6.45, 7) is 1.89. The Bertz CT molecular complexity index is 1230. The van der Waals surface area contributed by atoms with Crippen LogP contribution in [0.1, 0.15) is 56.3 Å². The van der Waals surface area contributed by atoms with Crippen LogP contribution in [0.25, 0.3) is 10.9 Å². The van der Waals surface area contributed by atoms with Crippen molar-refractivity contribution in [3.8, 4) is 5.75 Å². The first-order valence-corrected chi connectivity index (χ1v) is 12.0. The van der Waals surface area contributed by atoms with E-state index >= 15 is 0 Å². The molecule has 0 amide bonds. The molecule has 0 aliphatic heterocycles. The summed E-state index contributed by atoms with van der Waals surface area (Å²) in [5.74, 6) is 1.01. The molecule has 0 unspecified atom stereocenters. The Hall–Kier alpha value is -3.00. The highest BCUT2D eigenvalue weighted by Crippen LogP contribution is 2.32. The molecule has 1 fully saturated rings. The third-order valence-corrected chi connectivity index (χ3v) is 6.14. The zero-order chi connectivity index (χ0) is 23.2. The molecule has 33 heavy (non-hydrogen) atoms. The highest BCUT2D eigenvalue weighted by Gasteiger charge is 2.22. The minimum Gasteiger partial charge on any atom is -0.482 e. The van der Waals surface area contributed by atoms with Crippen molar-refractivity contribution in [3.05, 3.63) is 68.7 Å². The number of nitrogens with zero attached hydrogens (tertiary/aromatic N) is 3. The Kier molecular flexibility index (Phi) is 7.54. The Morgan fingerprint density at radius 2 is 2.03 bits per heavy atom. The predicted octanol–water partition coefficient (Wildman–Crippen LogP) is 5.03. The van der Waals surface area contributed by atoms with Gasteiger partial charge in [0.1, 0.15) is 11.6 Å². The fourth-order valence-corrected chi connectivity index (χ4v) is 4.42. The first kappa shape index (κ1) is 23.2. The average molecular weight is 512 g/mol. The van der Waals surface area contributed by atoms with Crippen LogP contribution in [0.5, 0.6) is 5.75 Å². The molecule has 1 saturated carbocycles. The highest BCUT2D eigenvalue weighted by molar-refractivity contribution is 9.10. The van der Waals surface area contributed by atoms with E-state index in [1.165, 1.54) is 11.1 Å². The number of carbonyl (C=O) groups is 1. The SMILES string of the molecule is CCOC(=O)COc1cccc(C=Nn2c(C3CCCCC3)nc3ccc(Br)cc3c2=O)c1. The molecule has 1 aromatic heterocycles. The van der Waals surface area contributed by atoms with Gasteiger partial charge >= 0.3 is 5.97 Å². The minimum absolute atomic E-state index is 0.163. The van der Waals surface area contributed by atoms with E-state index in [4.69, 9.17) is 14.5 Å². The molecule has 7 nitrogen and oxygen atoms in total. The van der Waals surface area contributed by atoms with Crippen molar-refractivity contribution in [3.63, 3.8) is 0 Å². The van der Waals surface area contributed by atoms with Crippen LogP contribution >= 0.6 is 15.9 Å². The topological polar surface area (TPSA) is 82.8 Å². The van der Waals surface area contributed by atoms with Gasteiger partial charge in [-0.1, -0.05) is 47.3 Å². The molecule has 0 saturated heterocycles. The Labute approximate surface area is 200 Å². The monoisotopic (exact) mass is 511 g/mol. The van der Waals surface area contributed by atoms with Crippen LogP contribution in [0.4, 0.5) is 0 Å². The minimum atomic E-state index is -0.423. The lowest BCUT2D eigenvalue weighted by molar-refractivity contribution is -0.145. The number of halogens is 1. The maximum absolute atomic E-state index is 13.4. The van der Waals surface area contributed by atoms with Crippen LogP contribution in [0.3, 0.4) is 0 Å². The van der Waals surface area contributed by atoms with Gasteiger partial charge < -0.3 is 9.47 Å². The fraction of sp³-hybridized carbons (Fsp3) is 0.360. The largest absolute Gasteiger partial charge is 0.482 e. The van der Waals surface area contributed by atoms with Gasteiger partial charge in [0, 0.05) is 10.4 Å². The van der Waals surface area contributed by atoms with Crippen LogP contribution in [0.15, 0.2) is 56.8 Å². The summed E-state index contributed by atoms with van der Waals surface area (Å²) in [5, 5.41) is 5.07. The van der Waals surface area contributed by atoms with E-state index in [1.54, 1.807) is 31.3 Å². The van der Waals surface area contributed by atoms with E-state index in [-0.39, 0.29) is 18.1 Å². The van der Waals surface area contributed by atoms with E-state index in [0.717, 1.165) is 35.7 Å². The molecule has 0 N–H and O–H groups in total. The van der Waals surface area contributed by atoms with Crippen molar-refractivity contribution < 1.29 is 14.3 Å². The van der Waals surface area contributed by atoms with Gasteiger partial charge in [0.05, 0.1) is 23.7 Å². The zero-order valence-electron chi connectivity index (χ0n) is 18.5. The molecule has 0 radical (unpaired) electrons. The van der Waals surface area contributed by atoms with Gasteiger partial charge in [0.2, 0.25) is 0 Å². The maximum atomic E-state index is 13.4. The quantitative estimate of drug-likeness (QED) is 0.328. The number of carbonyl (C=O) groups excluding carboxylic acids is 1. The van der Waals surface area contributed by atoms with Crippen molar-refractivity contribution >= 4 is 39.0 Å². The fourth-order valence-electron chi connectivity index (χ4n) is 4.06. The Balaban J connectivity index is 1.67. The lowest BCUT2D eigenvalue weighted by Crippen LogP contribution is -2.25. The van der Waals surface area contributed by atoms with Crippen LogP contribution in [0, 0.1) is 0 Å². The van der Waals surface area contributed by atoms with Crippen LogP contribution < -0.4 is 10.3 Å². The molecular weight excluding hydrogens is 486 g/mol. The van der Waals surface area contributed by atoms with Crippen molar-refractivity contribution in [2.75, 3.05) is 13.2 Å². The third-order valence-electron chi connectivity index (χ3n) is 5.65. The molecule has 2 aromatic carbocycles. The smallest absolute Gasteiger partial charge is 0.344 e. The summed E-state index contributed by atoms with van der Waals surface area (Å²) in [7, 11) is 0. The number of ether oxygens (including phenoxy) is 2. The molecule has 4 rings (SSSR count). The number of benzene rings is 2. The highest BCUT2D eigenvalue weighted by atomic mass is 79.9. The molecular formula is C25H26BrN3O4. The normalized spacial score (nSPS) is 14.6. The molecule has 3 aromatic rings. The zero-order valence-corrected chi connectivity index (χ0v) is 20.1. The van der Waals surface area contributed by atoms with Crippen LogP contribution in [-0.4, -0.2) is 35.1 Å². The third kappa shape index (κ3) is 5.68. The van der Waals surface area contributed by atoms with E-state index in [9.17, 15) is 9.59 Å². The van der Waals surface area contributed by atoms with Crippen molar-refractivity contribution in [1.29, 1.82) is 0 Å². The van der Waals surface area contributed by atoms with E-state index < -0.39 is 5.97 Å². The van der Waals surface area contributed by atoms with E-state index in [2.05, 4.69) is 21.0 Å². The van der Waals surface area contributed by atoms with Gasteiger partial charge in [0.25, 0.3) is 5.56 Å². The van der Waals surface area contributed by atoms with E-state index in [1.807, 2.05) is 24.3 Å². The van der Waals surface area contributed by atoms with Crippen molar-refractivity contribution in [2.24, 2.45) is 5.10 Å². The second-order valence-electron chi connectivity index (χ2n) is 7.99. The summed E-state index contributed by atoms with van der Waals surface area (Å²) in [5.41, 5.74) is 1.24. The number of hydrogen-bond acceptors (Lipinski definition) is 6. The number of rotatable bonds is 7. The average Bonchev–Trinajstić information content (AvgIpc) is 2.83. The molecule has 0 atom stereocenters. The number of aromatic nitrogens is 2. The first-order valence-electron chi connectivity index (χ1n) is 11.2. The van der Waals surface area contributed by atoms with Gasteiger partial charge in [-0.3, -0.25) is 4.79 Å². The van der Waals surface area contributed by atoms with Crippen LogP contribution in [-0.2, 0) is 9.53 Å². The van der Waals surface area contributed by atoms with Crippen LogP contribution in [0.2, 0.25) is 0 Å². The molecule has 1 heterocycles. The van der Waals surface area contributed by atoms with Gasteiger partial charge in [-0.2, -0.15) is 9.78 Å². The lowest BCUT2D eigenvalue weighted by atomic mass is 9.88. The molecule has 172 valence electrons. The van der Waals surface area contributed by atoms with E-state index in [0.29, 0.717) is 29.1 Å². The molecule has 0 bridgehead atoms. The van der Waals surface area contributed by atoms with Gasteiger partial charge in [0.15, 0.2) is 6.61 Å². The maximum Gasteiger partial charge on any atom is 0.344 e. The second kappa shape index (κ2) is 10.7. The predicted molar refractivity (Wildman–Crippen MR) is 131 cm³/mol. The summed E-state index contributed by atoms with van der Waals surface area (Å²) in [6.07, 6.45) is 7.09. The number of hydrogen-bond donors (Lipinski definition) is 0. The molecule has 1 aliphatic rings. The Morgan fingerprint density at radius 3 is 2.82 bits per heavy atom. The summed E-state index contributed by atoms with van der Waals surface area (Å²) in [6, 6.07) is 12.7.